The van der Waals surface area contributed by atoms with Gasteiger partial charge in [-0.25, -0.2) is 0 Å². The molecule has 1 aromatic carbocycles. The predicted molar refractivity (Wildman–Crippen MR) is 85.9 cm³/mol. The van der Waals surface area contributed by atoms with Gasteiger partial charge in [-0.3, -0.25) is 0 Å². The van der Waals surface area contributed by atoms with Gasteiger partial charge in [0, 0.05) is 11.9 Å². The van der Waals surface area contributed by atoms with Gasteiger partial charge in [0.15, 0.2) is 0 Å². The van der Waals surface area contributed by atoms with Crippen LogP contribution in [0.5, 0.6) is 0 Å². The van der Waals surface area contributed by atoms with E-state index in [4.69, 9.17) is 0 Å². The maximum Gasteiger partial charge on any atom is 1.00 e. The Morgan fingerprint density at radius 1 is 0.955 bits per heavy atom. The van der Waals surface area contributed by atoms with Crippen molar-refractivity contribution >= 4 is 5.97 Å². The summed E-state index contributed by atoms with van der Waals surface area (Å²) in [5.74, 6) is -1.24. The summed E-state index contributed by atoms with van der Waals surface area (Å²) in [4.78, 5) is 11.2. The van der Waals surface area contributed by atoms with Crippen LogP contribution in [0.3, 0.4) is 0 Å². The van der Waals surface area contributed by atoms with Crippen molar-refractivity contribution in [1.29, 1.82) is 0 Å². The first-order chi connectivity index (χ1) is 10.2. The van der Waals surface area contributed by atoms with Gasteiger partial charge in [-0.2, -0.15) is 0 Å². The molecule has 0 bridgehead atoms. The Labute approximate surface area is 158 Å². The molecule has 1 aromatic rings. The molecule has 0 saturated carbocycles. The number of benzene rings is 1. The van der Waals surface area contributed by atoms with E-state index in [9.17, 15) is 9.90 Å². The number of hydrogen-bond acceptors (Lipinski definition) is 2. The minimum Gasteiger partial charge on any atom is -0.550 e. The fraction of sp³-hybridized carbons (Fsp3) is 0.632. The molecule has 118 valence electrons. The second-order valence-corrected chi connectivity index (χ2v) is 5.97. The first-order valence-electron chi connectivity index (χ1n) is 8.48. The van der Waals surface area contributed by atoms with Crippen LogP contribution in [0.15, 0.2) is 30.3 Å². The molecule has 0 aromatic heterocycles. The Hall–Kier alpha value is -0.310. The van der Waals surface area contributed by atoms with E-state index in [1.165, 1.54) is 38.5 Å². The second kappa shape index (κ2) is 14.3. The summed E-state index contributed by atoms with van der Waals surface area (Å²) in [7, 11) is 0. The first kappa shape index (κ1) is 21.7. The van der Waals surface area contributed by atoms with Gasteiger partial charge in [0.2, 0.25) is 0 Å². The molecule has 0 amide bonds. The maximum atomic E-state index is 11.2. The average Bonchev–Trinajstić information content (AvgIpc) is 2.49. The zero-order valence-corrected chi connectivity index (χ0v) is 16.4. The van der Waals surface area contributed by atoms with Gasteiger partial charge in [0.25, 0.3) is 0 Å². The second-order valence-electron chi connectivity index (χ2n) is 5.97. The summed E-state index contributed by atoms with van der Waals surface area (Å²) < 4.78 is 0. The van der Waals surface area contributed by atoms with Gasteiger partial charge < -0.3 is 9.90 Å². The average molecular weight is 312 g/mol. The van der Waals surface area contributed by atoms with E-state index >= 15 is 0 Å². The smallest absolute Gasteiger partial charge is 0.550 e. The Kier molecular flexibility index (Phi) is 14.1. The zero-order valence-electron chi connectivity index (χ0n) is 14.4. The van der Waals surface area contributed by atoms with Crippen molar-refractivity contribution in [2.75, 3.05) is 0 Å². The van der Waals surface area contributed by atoms with Gasteiger partial charge in [0.1, 0.15) is 0 Å². The monoisotopic (exact) mass is 312 g/mol. The molecule has 0 fully saturated rings. The summed E-state index contributed by atoms with van der Waals surface area (Å²) in [5, 5.41) is 11.2. The van der Waals surface area contributed by atoms with Gasteiger partial charge >= 0.3 is 29.6 Å². The van der Waals surface area contributed by atoms with E-state index in [2.05, 4.69) is 6.92 Å². The third-order valence-corrected chi connectivity index (χ3v) is 4.06. The SMILES string of the molecule is CCCCCCCCCCC(Cc1ccccc1)C(=O)[O-].[Na+]. The molecule has 0 aliphatic rings. The minimum atomic E-state index is -0.901. The largest absolute Gasteiger partial charge is 1.00 e. The van der Waals surface area contributed by atoms with Gasteiger partial charge in [-0.15, -0.1) is 0 Å². The minimum absolute atomic E-state index is 0. The quantitative estimate of drug-likeness (QED) is 0.429. The third kappa shape index (κ3) is 10.4. The van der Waals surface area contributed by atoms with Gasteiger partial charge in [-0.05, 0) is 18.4 Å². The van der Waals surface area contributed by atoms with Crippen LogP contribution < -0.4 is 34.7 Å². The van der Waals surface area contributed by atoms with E-state index in [1.807, 2.05) is 30.3 Å². The number of aliphatic carboxylic acids is 1. The number of carbonyl (C=O) groups is 1. The number of carbonyl (C=O) groups excluding carboxylic acids is 1. The van der Waals surface area contributed by atoms with E-state index in [0.717, 1.165) is 24.8 Å². The van der Waals surface area contributed by atoms with Crippen molar-refractivity contribution in [3.63, 3.8) is 0 Å². The van der Waals surface area contributed by atoms with Crippen LogP contribution in [0.2, 0.25) is 0 Å². The van der Waals surface area contributed by atoms with E-state index in [0.29, 0.717) is 6.42 Å². The summed E-state index contributed by atoms with van der Waals surface area (Å²) in [6, 6.07) is 9.85. The third-order valence-electron chi connectivity index (χ3n) is 4.06. The Morgan fingerprint density at radius 3 is 2.05 bits per heavy atom. The van der Waals surface area contributed by atoms with Crippen molar-refractivity contribution in [2.45, 2.75) is 71.1 Å². The molecule has 0 saturated heterocycles. The number of hydrogen-bond donors (Lipinski definition) is 0. The number of rotatable bonds is 12. The molecule has 0 N–H and O–H groups in total. The molecular weight excluding hydrogens is 283 g/mol. The number of carboxylic acids is 1. The van der Waals surface area contributed by atoms with E-state index < -0.39 is 5.97 Å². The van der Waals surface area contributed by atoms with Crippen LogP contribution in [0.1, 0.15) is 70.3 Å². The fourth-order valence-electron chi connectivity index (χ4n) is 2.73. The molecule has 1 atom stereocenters. The molecular formula is C19H29NaO2. The van der Waals surface area contributed by atoms with Crippen LogP contribution in [-0.2, 0) is 11.2 Å². The molecule has 0 spiro atoms. The van der Waals surface area contributed by atoms with Gasteiger partial charge in [0.05, 0.1) is 0 Å². The Morgan fingerprint density at radius 2 is 1.50 bits per heavy atom. The summed E-state index contributed by atoms with van der Waals surface area (Å²) in [6.45, 7) is 2.23. The summed E-state index contributed by atoms with van der Waals surface area (Å²) >= 11 is 0. The Bertz CT molecular complexity index is 378. The van der Waals surface area contributed by atoms with Crippen molar-refractivity contribution in [1.82, 2.24) is 0 Å². The molecule has 1 unspecified atom stereocenters. The molecule has 1 rings (SSSR count). The van der Waals surface area contributed by atoms with Crippen LogP contribution in [-0.4, -0.2) is 5.97 Å². The molecule has 0 radical (unpaired) electrons. The van der Waals surface area contributed by atoms with Crippen LogP contribution in [0.25, 0.3) is 0 Å². The zero-order chi connectivity index (χ0) is 15.3. The van der Waals surface area contributed by atoms with Gasteiger partial charge in [-0.1, -0.05) is 88.6 Å². The fourth-order valence-corrected chi connectivity index (χ4v) is 2.73. The van der Waals surface area contributed by atoms with Crippen molar-refractivity contribution in [3.05, 3.63) is 35.9 Å². The van der Waals surface area contributed by atoms with Crippen molar-refractivity contribution < 1.29 is 39.5 Å². The Balaban J connectivity index is 0.00000441. The van der Waals surface area contributed by atoms with Crippen LogP contribution in [0.4, 0.5) is 0 Å². The topological polar surface area (TPSA) is 40.1 Å². The molecule has 2 nitrogen and oxygen atoms in total. The van der Waals surface area contributed by atoms with Crippen LogP contribution >= 0.6 is 0 Å². The van der Waals surface area contributed by atoms with Crippen LogP contribution in [0, 0.1) is 5.92 Å². The van der Waals surface area contributed by atoms with Crippen molar-refractivity contribution in [2.24, 2.45) is 5.92 Å². The van der Waals surface area contributed by atoms with E-state index in [-0.39, 0.29) is 35.5 Å². The molecule has 22 heavy (non-hydrogen) atoms. The summed E-state index contributed by atoms with van der Waals surface area (Å²) in [6.07, 6.45) is 11.3. The molecule has 0 aliphatic heterocycles. The standard InChI is InChI=1S/C19H30O2.Na/c1-2-3-4-5-6-7-8-12-15-18(19(20)21)16-17-13-10-9-11-14-17;/h9-11,13-14,18H,2-8,12,15-16H2,1H3,(H,20,21);/q;+1/p-1. The molecule has 3 heteroatoms. The predicted octanol–water partition coefficient (Wildman–Crippen LogP) is 1.13. The first-order valence-corrected chi connectivity index (χ1v) is 8.48. The number of unbranched alkanes of at least 4 members (excludes halogenated alkanes) is 7. The molecule has 0 aliphatic carbocycles. The van der Waals surface area contributed by atoms with Crippen molar-refractivity contribution in [3.8, 4) is 0 Å². The normalized spacial score (nSPS) is 11.7. The summed E-state index contributed by atoms with van der Waals surface area (Å²) in [5.41, 5.74) is 1.09. The molecule has 0 heterocycles. The number of carboxylic acid groups (broad SMARTS) is 1. The maximum absolute atomic E-state index is 11.2. The van der Waals surface area contributed by atoms with E-state index in [1.54, 1.807) is 0 Å².